The topological polar surface area (TPSA) is 65.9 Å². The van der Waals surface area contributed by atoms with Crippen molar-refractivity contribution in [2.45, 2.75) is 19.8 Å². The smallest absolute Gasteiger partial charge is 0.225 e. The molecule has 2 aliphatic heterocycles. The van der Waals surface area contributed by atoms with Crippen LogP contribution in [0.2, 0.25) is 0 Å². The van der Waals surface area contributed by atoms with E-state index in [4.69, 9.17) is 9.73 Å². The van der Waals surface area contributed by atoms with Gasteiger partial charge < -0.3 is 19.9 Å². The van der Waals surface area contributed by atoms with Crippen LogP contribution in [-0.4, -0.2) is 73.3 Å². The Morgan fingerprint density at radius 2 is 2.04 bits per heavy atom. The van der Waals surface area contributed by atoms with Crippen molar-refractivity contribution >= 4 is 11.9 Å². The van der Waals surface area contributed by atoms with Gasteiger partial charge in [-0.1, -0.05) is 11.6 Å². The first-order chi connectivity index (χ1) is 12.4. The molecule has 7 nitrogen and oxygen atoms in total. The number of nitrogens with zero attached hydrogens (tertiary/aromatic N) is 5. The van der Waals surface area contributed by atoms with Crippen LogP contribution in [0.15, 0.2) is 35.1 Å². The Morgan fingerprint density at radius 1 is 1.24 bits per heavy atom. The van der Waals surface area contributed by atoms with Gasteiger partial charge in [-0.25, -0.2) is 9.97 Å². The summed E-state index contributed by atoms with van der Waals surface area (Å²) in [5.74, 6) is 1.83. The Hall–Kier alpha value is -2.15. The third-order valence-electron chi connectivity index (χ3n) is 4.50. The second-order valence-electron chi connectivity index (χ2n) is 6.20. The fraction of sp³-hybridized carbons (Fsp3) is 0.611. The molecule has 0 saturated carbocycles. The number of aromatic nitrogens is 2. The Labute approximate surface area is 149 Å². The van der Waals surface area contributed by atoms with Crippen LogP contribution in [0.3, 0.4) is 0 Å². The molecular weight excluding hydrogens is 316 g/mol. The zero-order chi connectivity index (χ0) is 17.3. The van der Waals surface area contributed by atoms with Crippen molar-refractivity contribution < 1.29 is 4.74 Å². The van der Waals surface area contributed by atoms with Crippen molar-refractivity contribution in [2.24, 2.45) is 4.99 Å². The lowest BCUT2D eigenvalue weighted by molar-refractivity contribution is 0.153. The molecule has 0 amide bonds. The van der Waals surface area contributed by atoms with Crippen LogP contribution in [-0.2, 0) is 4.74 Å². The number of nitrogens with one attached hydrogen (secondary N) is 1. The number of hydrogen-bond acceptors (Lipinski definition) is 5. The maximum Gasteiger partial charge on any atom is 0.225 e. The molecular formula is C18H28N6O. The van der Waals surface area contributed by atoms with Gasteiger partial charge in [-0.3, -0.25) is 4.99 Å². The van der Waals surface area contributed by atoms with Gasteiger partial charge in [0.15, 0.2) is 5.96 Å². The molecule has 2 aliphatic rings. The minimum Gasteiger partial charge on any atom is -0.377 e. The predicted molar refractivity (Wildman–Crippen MR) is 99.9 cm³/mol. The fourth-order valence-electron chi connectivity index (χ4n) is 3.10. The van der Waals surface area contributed by atoms with Gasteiger partial charge in [0.05, 0.1) is 13.2 Å². The van der Waals surface area contributed by atoms with E-state index in [0.717, 1.165) is 77.2 Å². The molecule has 1 aromatic rings. The summed E-state index contributed by atoms with van der Waals surface area (Å²) in [7, 11) is 0. The Balaban J connectivity index is 1.52. The van der Waals surface area contributed by atoms with E-state index in [0.29, 0.717) is 0 Å². The van der Waals surface area contributed by atoms with Gasteiger partial charge in [0.1, 0.15) is 0 Å². The molecule has 1 aromatic heterocycles. The van der Waals surface area contributed by atoms with E-state index in [9.17, 15) is 0 Å². The van der Waals surface area contributed by atoms with E-state index < -0.39 is 0 Å². The second-order valence-corrected chi connectivity index (χ2v) is 6.20. The number of rotatable bonds is 5. The van der Waals surface area contributed by atoms with Gasteiger partial charge in [0.25, 0.3) is 0 Å². The van der Waals surface area contributed by atoms with E-state index in [1.807, 2.05) is 6.07 Å². The van der Waals surface area contributed by atoms with Gasteiger partial charge in [-0.05, 0) is 25.8 Å². The van der Waals surface area contributed by atoms with Gasteiger partial charge >= 0.3 is 0 Å². The van der Waals surface area contributed by atoms with Crippen LogP contribution < -0.4 is 10.2 Å². The molecule has 0 bridgehead atoms. The van der Waals surface area contributed by atoms with E-state index >= 15 is 0 Å². The highest BCUT2D eigenvalue weighted by atomic mass is 16.5. The van der Waals surface area contributed by atoms with Gasteiger partial charge in [-0.2, -0.15) is 0 Å². The van der Waals surface area contributed by atoms with Crippen LogP contribution in [0.5, 0.6) is 0 Å². The summed E-state index contributed by atoms with van der Waals surface area (Å²) in [5.41, 5.74) is 1.47. The summed E-state index contributed by atoms with van der Waals surface area (Å²) >= 11 is 0. The highest BCUT2D eigenvalue weighted by Crippen LogP contribution is 2.13. The van der Waals surface area contributed by atoms with E-state index in [2.05, 4.69) is 38.1 Å². The average molecular weight is 344 g/mol. The number of guanidine groups is 1. The highest BCUT2D eigenvalue weighted by Gasteiger charge is 2.21. The van der Waals surface area contributed by atoms with Crippen LogP contribution in [0.4, 0.5) is 5.95 Å². The molecule has 136 valence electrons. The zero-order valence-corrected chi connectivity index (χ0v) is 15.0. The van der Waals surface area contributed by atoms with Crippen molar-refractivity contribution in [3.8, 4) is 0 Å². The number of piperazine rings is 1. The first-order valence-corrected chi connectivity index (χ1v) is 9.17. The van der Waals surface area contributed by atoms with E-state index in [-0.39, 0.29) is 0 Å². The number of hydrogen-bond donors (Lipinski definition) is 1. The fourth-order valence-corrected chi connectivity index (χ4v) is 3.10. The number of anilines is 1. The molecule has 0 radical (unpaired) electrons. The summed E-state index contributed by atoms with van der Waals surface area (Å²) in [4.78, 5) is 18.1. The van der Waals surface area contributed by atoms with Gasteiger partial charge in [-0.15, -0.1) is 0 Å². The SMILES string of the molecule is CCNC(=NCCC1=CCOCC1)N1CCN(c2ncccn2)CC1. The van der Waals surface area contributed by atoms with E-state index in [1.165, 1.54) is 5.57 Å². The van der Waals surface area contributed by atoms with Crippen molar-refractivity contribution in [3.63, 3.8) is 0 Å². The third-order valence-corrected chi connectivity index (χ3v) is 4.50. The summed E-state index contributed by atoms with van der Waals surface area (Å²) in [6, 6.07) is 1.85. The molecule has 3 rings (SSSR count). The largest absolute Gasteiger partial charge is 0.377 e. The second kappa shape index (κ2) is 9.36. The Kier molecular flexibility index (Phi) is 6.62. The summed E-state index contributed by atoms with van der Waals surface area (Å²) in [5, 5.41) is 3.43. The summed E-state index contributed by atoms with van der Waals surface area (Å²) in [6.45, 7) is 9.12. The lowest BCUT2D eigenvalue weighted by atomic mass is 10.1. The van der Waals surface area contributed by atoms with E-state index in [1.54, 1.807) is 12.4 Å². The van der Waals surface area contributed by atoms with Crippen molar-refractivity contribution in [1.82, 2.24) is 20.2 Å². The Bertz CT molecular complexity index is 580. The minimum atomic E-state index is 0.753. The van der Waals surface area contributed by atoms with Crippen molar-refractivity contribution in [2.75, 3.05) is 57.4 Å². The molecule has 0 aromatic carbocycles. The normalized spacial score (nSPS) is 18.9. The molecule has 25 heavy (non-hydrogen) atoms. The molecule has 0 aliphatic carbocycles. The Morgan fingerprint density at radius 3 is 2.72 bits per heavy atom. The highest BCUT2D eigenvalue weighted by molar-refractivity contribution is 5.80. The van der Waals surface area contributed by atoms with Crippen LogP contribution in [0, 0.1) is 0 Å². The lowest BCUT2D eigenvalue weighted by Gasteiger charge is -2.36. The molecule has 1 N–H and O–H groups in total. The molecule has 3 heterocycles. The van der Waals surface area contributed by atoms with Gasteiger partial charge in [0, 0.05) is 51.7 Å². The molecule has 1 fully saturated rings. The number of ether oxygens (including phenoxy) is 1. The first kappa shape index (κ1) is 17.7. The number of aliphatic imine (C=N–C) groups is 1. The molecule has 1 saturated heterocycles. The monoisotopic (exact) mass is 344 g/mol. The maximum absolute atomic E-state index is 5.36. The van der Waals surface area contributed by atoms with Crippen molar-refractivity contribution in [3.05, 3.63) is 30.1 Å². The summed E-state index contributed by atoms with van der Waals surface area (Å²) in [6.07, 6.45) is 7.86. The molecule has 0 spiro atoms. The first-order valence-electron chi connectivity index (χ1n) is 9.17. The zero-order valence-electron chi connectivity index (χ0n) is 15.0. The van der Waals surface area contributed by atoms with Crippen LogP contribution >= 0.6 is 0 Å². The predicted octanol–water partition coefficient (Wildman–Crippen LogP) is 1.30. The van der Waals surface area contributed by atoms with Crippen molar-refractivity contribution in [1.29, 1.82) is 0 Å². The third kappa shape index (κ3) is 5.16. The summed E-state index contributed by atoms with van der Waals surface area (Å²) < 4.78 is 5.36. The standard InChI is InChI=1S/C18H28N6O/c1-2-19-17(22-9-4-16-5-14-25-15-6-16)23-10-12-24(13-11-23)18-20-7-3-8-21-18/h3,5,7-8H,2,4,6,9-15H2,1H3,(H,19,22). The van der Waals surface area contributed by atoms with Gasteiger partial charge in [0.2, 0.25) is 5.95 Å². The quantitative estimate of drug-likeness (QED) is 0.493. The van der Waals surface area contributed by atoms with Crippen LogP contribution in [0.25, 0.3) is 0 Å². The maximum atomic E-state index is 5.36. The molecule has 0 unspecified atom stereocenters. The average Bonchev–Trinajstić information content (AvgIpc) is 2.69. The van der Waals surface area contributed by atoms with Crippen LogP contribution in [0.1, 0.15) is 19.8 Å². The molecule has 7 heteroatoms. The molecule has 0 atom stereocenters. The minimum absolute atomic E-state index is 0.753. The lowest BCUT2D eigenvalue weighted by Crippen LogP contribution is -2.53.